The van der Waals surface area contributed by atoms with E-state index in [9.17, 15) is 18.4 Å². The van der Waals surface area contributed by atoms with Crippen LogP contribution in [0.15, 0.2) is 12.1 Å². The van der Waals surface area contributed by atoms with Gasteiger partial charge >= 0.3 is 6.18 Å². The van der Waals surface area contributed by atoms with E-state index in [-0.39, 0.29) is 27.2 Å². The number of benzene rings is 1. The predicted molar refractivity (Wildman–Crippen MR) is 90.9 cm³/mol. The van der Waals surface area contributed by atoms with Crippen molar-refractivity contribution in [3.63, 3.8) is 0 Å². The first-order valence-electron chi connectivity index (χ1n) is 7.54. The Morgan fingerprint density at radius 2 is 1.84 bits per heavy atom. The van der Waals surface area contributed by atoms with Crippen molar-refractivity contribution in [2.75, 3.05) is 5.73 Å². The van der Waals surface area contributed by atoms with E-state index in [1.165, 1.54) is 0 Å². The molecule has 4 nitrogen and oxygen atoms in total. The lowest BCUT2D eigenvalue weighted by Gasteiger charge is -2.13. The van der Waals surface area contributed by atoms with E-state index in [4.69, 9.17) is 28.9 Å². The number of rotatable bonds is 5. The zero-order valence-electron chi connectivity index (χ0n) is 13.3. The maximum absolute atomic E-state index is 12.8. The molecule has 0 unspecified atom stereocenters. The molecule has 2 N–H and O–H groups in total. The summed E-state index contributed by atoms with van der Waals surface area (Å²) < 4.78 is 39.7. The second kappa shape index (κ2) is 7.54. The van der Waals surface area contributed by atoms with Gasteiger partial charge in [-0.05, 0) is 25.0 Å². The first-order chi connectivity index (χ1) is 11.7. The average molecular weight is 391 g/mol. The van der Waals surface area contributed by atoms with Crippen LogP contribution in [0.25, 0.3) is 5.69 Å². The quantitative estimate of drug-likeness (QED) is 0.696. The van der Waals surface area contributed by atoms with E-state index in [1.54, 1.807) is 0 Å². The van der Waals surface area contributed by atoms with Gasteiger partial charge in [0.05, 0.1) is 15.6 Å². The Morgan fingerprint density at radius 1 is 1.24 bits per heavy atom. The molecular formula is C16H15Cl2F3N4. The topological polar surface area (TPSA) is 67.6 Å². The van der Waals surface area contributed by atoms with Crippen LogP contribution in [-0.2, 0) is 12.6 Å². The molecule has 0 aliphatic heterocycles. The molecule has 0 amide bonds. The van der Waals surface area contributed by atoms with Gasteiger partial charge in [-0.1, -0.05) is 43.0 Å². The minimum absolute atomic E-state index is 0.0204. The van der Waals surface area contributed by atoms with Gasteiger partial charge in [0, 0.05) is 5.56 Å². The van der Waals surface area contributed by atoms with E-state index >= 15 is 0 Å². The number of nitriles is 1. The molecule has 0 fully saturated rings. The first kappa shape index (κ1) is 19.4. The molecular weight excluding hydrogens is 376 g/mol. The van der Waals surface area contributed by atoms with Gasteiger partial charge in [-0.2, -0.15) is 23.5 Å². The molecule has 1 heterocycles. The lowest BCUT2D eigenvalue weighted by Crippen LogP contribution is -2.09. The fourth-order valence-corrected chi connectivity index (χ4v) is 3.10. The van der Waals surface area contributed by atoms with Gasteiger partial charge in [0.1, 0.15) is 17.6 Å². The maximum Gasteiger partial charge on any atom is 0.416 e. The highest BCUT2D eigenvalue weighted by Gasteiger charge is 2.32. The van der Waals surface area contributed by atoms with Crippen LogP contribution < -0.4 is 5.73 Å². The lowest BCUT2D eigenvalue weighted by molar-refractivity contribution is -0.137. The Balaban J connectivity index is 2.54. The fraction of sp³-hybridized carbons (Fsp3) is 0.375. The van der Waals surface area contributed by atoms with Gasteiger partial charge in [-0.3, -0.25) is 0 Å². The largest absolute Gasteiger partial charge is 0.416 e. The molecule has 2 rings (SSSR count). The molecule has 25 heavy (non-hydrogen) atoms. The summed E-state index contributed by atoms with van der Waals surface area (Å²) in [5.74, 6) is 0.149. The minimum atomic E-state index is -4.58. The predicted octanol–water partition coefficient (Wildman–Crippen LogP) is 5.38. The Hall–Kier alpha value is -1.91. The van der Waals surface area contributed by atoms with Crippen LogP contribution in [0.5, 0.6) is 0 Å². The molecule has 1 aromatic heterocycles. The van der Waals surface area contributed by atoms with Crippen LogP contribution in [0.3, 0.4) is 0 Å². The second-order valence-corrected chi connectivity index (χ2v) is 6.29. The lowest BCUT2D eigenvalue weighted by atomic mass is 10.1. The summed E-state index contributed by atoms with van der Waals surface area (Å²) in [5, 5.41) is 12.8. The zero-order valence-corrected chi connectivity index (χ0v) is 14.8. The van der Waals surface area contributed by atoms with E-state index in [1.807, 2.05) is 13.0 Å². The van der Waals surface area contributed by atoms with Crippen molar-refractivity contribution in [2.45, 2.75) is 38.8 Å². The number of hydrogen-bond donors (Lipinski definition) is 1. The van der Waals surface area contributed by atoms with Crippen molar-refractivity contribution in [3.8, 4) is 11.8 Å². The van der Waals surface area contributed by atoms with Gasteiger partial charge in [0.2, 0.25) is 0 Å². The highest BCUT2D eigenvalue weighted by atomic mass is 35.5. The van der Waals surface area contributed by atoms with Gasteiger partial charge in [-0.15, -0.1) is 0 Å². The van der Waals surface area contributed by atoms with E-state index in [2.05, 4.69) is 5.10 Å². The van der Waals surface area contributed by atoms with Crippen LogP contribution in [0.2, 0.25) is 10.0 Å². The minimum Gasteiger partial charge on any atom is -0.383 e. The molecule has 0 radical (unpaired) electrons. The zero-order chi connectivity index (χ0) is 18.8. The maximum atomic E-state index is 12.8. The van der Waals surface area contributed by atoms with Crippen LogP contribution >= 0.6 is 23.2 Å². The summed E-state index contributed by atoms with van der Waals surface area (Å²) in [6, 6.07) is 3.46. The normalized spacial score (nSPS) is 11.6. The fourth-order valence-electron chi connectivity index (χ4n) is 2.45. The number of hydrogen-bond acceptors (Lipinski definition) is 3. The first-order valence-corrected chi connectivity index (χ1v) is 8.30. The summed E-state index contributed by atoms with van der Waals surface area (Å²) in [6.07, 6.45) is -1.28. The SMILES string of the molecule is CCCCCc1c(C#N)nn(-c2c(Cl)cc(C(F)(F)F)cc2Cl)c1N. The molecule has 0 saturated heterocycles. The van der Waals surface area contributed by atoms with Crippen LogP contribution in [0.4, 0.5) is 19.0 Å². The Labute approximate surface area is 152 Å². The molecule has 9 heteroatoms. The third-order valence-electron chi connectivity index (χ3n) is 3.72. The smallest absolute Gasteiger partial charge is 0.383 e. The van der Waals surface area contributed by atoms with Gasteiger partial charge in [0.15, 0.2) is 5.69 Å². The van der Waals surface area contributed by atoms with E-state index < -0.39 is 11.7 Å². The number of aromatic nitrogens is 2. The summed E-state index contributed by atoms with van der Waals surface area (Å²) >= 11 is 12.0. The summed E-state index contributed by atoms with van der Waals surface area (Å²) in [5.41, 5.74) is 5.77. The highest BCUT2D eigenvalue weighted by Crippen LogP contribution is 2.38. The molecule has 2 aromatic rings. The van der Waals surface area contributed by atoms with Crippen LogP contribution in [0, 0.1) is 11.3 Å². The number of unbranched alkanes of at least 4 members (excludes halogenated alkanes) is 2. The molecule has 0 atom stereocenters. The molecule has 0 aliphatic rings. The summed E-state index contributed by atoms with van der Waals surface area (Å²) in [6.45, 7) is 2.04. The Morgan fingerprint density at radius 3 is 2.32 bits per heavy atom. The molecule has 0 spiro atoms. The van der Waals surface area contributed by atoms with E-state index in [0.717, 1.165) is 36.1 Å². The Kier molecular flexibility index (Phi) is 5.86. The van der Waals surface area contributed by atoms with Crippen molar-refractivity contribution in [1.82, 2.24) is 9.78 Å². The Bertz CT molecular complexity index is 799. The number of alkyl halides is 3. The second-order valence-electron chi connectivity index (χ2n) is 5.48. The standard InChI is InChI=1S/C16H15Cl2F3N4/c1-2-3-4-5-10-13(8-22)24-25(15(10)23)14-11(17)6-9(7-12(14)18)16(19,20)21/h6-7H,2-5,23H2,1H3. The number of nitrogen functional groups attached to an aromatic ring is 1. The van der Waals surface area contributed by atoms with Crippen molar-refractivity contribution >= 4 is 29.0 Å². The van der Waals surface area contributed by atoms with Crippen molar-refractivity contribution in [1.29, 1.82) is 5.26 Å². The third-order valence-corrected chi connectivity index (χ3v) is 4.29. The molecule has 134 valence electrons. The summed E-state index contributed by atoms with van der Waals surface area (Å²) in [7, 11) is 0. The van der Waals surface area contributed by atoms with Gasteiger partial charge in [-0.25, -0.2) is 4.68 Å². The van der Waals surface area contributed by atoms with Crippen molar-refractivity contribution in [2.24, 2.45) is 0 Å². The molecule has 1 aromatic carbocycles. The van der Waals surface area contributed by atoms with Crippen LogP contribution in [0.1, 0.15) is 43.0 Å². The number of halogens is 5. The monoisotopic (exact) mass is 390 g/mol. The van der Waals surface area contributed by atoms with Crippen molar-refractivity contribution in [3.05, 3.63) is 39.0 Å². The molecule has 0 saturated carbocycles. The van der Waals surface area contributed by atoms with E-state index in [0.29, 0.717) is 12.0 Å². The number of nitrogens with zero attached hydrogens (tertiary/aromatic N) is 3. The van der Waals surface area contributed by atoms with Gasteiger partial charge < -0.3 is 5.73 Å². The average Bonchev–Trinajstić information content (AvgIpc) is 2.83. The molecule has 0 bridgehead atoms. The number of nitrogens with two attached hydrogens (primary N) is 1. The highest BCUT2D eigenvalue weighted by molar-refractivity contribution is 6.38. The summed E-state index contributed by atoms with van der Waals surface area (Å²) in [4.78, 5) is 0. The van der Waals surface area contributed by atoms with Gasteiger partial charge in [0.25, 0.3) is 0 Å². The van der Waals surface area contributed by atoms with Crippen molar-refractivity contribution < 1.29 is 13.2 Å². The number of anilines is 1. The third kappa shape index (κ3) is 4.02. The van der Waals surface area contributed by atoms with Crippen LogP contribution in [-0.4, -0.2) is 9.78 Å². The molecule has 0 aliphatic carbocycles.